The van der Waals surface area contributed by atoms with Crippen molar-refractivity contribution in [2.24, 2.45) is 0 Å². The number of carbonyl (C=O) groups excluding carboxylic acids is 1. The van der Waals surface area contributed by atoms with Gasteiger partial charge in [-0.25, -0.2) is 0 Å². The molecule has 0 bridgehead atoms. The molecule has 1 heterocycles. The summed E-state index contributed by atoms with van der Waals surface area (Å²) in [7, 11) is 0. The molecule has 0 unspecified atom stereocenters. The number of anilines is 1. The van der Waals surface area contributed by atoms with Crippen LogP contribution in [0.4, 0.5) is 5.69 Å². The van der Waals surface area contributed by atoms with Crippen LogP contribution in [-0.4, -0.2) is 41.7 Å². The first-order valence-electron chi connectivity index (χ1n) is 13.7. The third kappa shape index (κ3) is 6.38. The second-order valence-corrected chi connectivity index (χ2v) is 10.5. The normalized spacial score (nSPS) is 17.4. The van der Waals surface area contributed by atoms with E-state index in [1.807, 2.05) is 18.2 Å². The first kappa shape index (κ1) is 25.4. The molecule has 0 spiro atoms. The van der Waals surface area contributed by atoms with Gasteiger partial charge in [0.1, 0.15) is 0 Å². The van der Waals surface area contributed by atoms with E-state index < -0.39 is 0 Å². The molecule has 1 aliphatic heterocycles. The fraction of sp³-hybridized carbons (Fsp3) is 0.364. The Morgan fingerprint density at radius 2 is 1.46 bits per heavy atom. The number of hydrogen-bond acceptors (Lipinski definition) is 3. The highest BCUT2D eigenvalue weighted by atomic mass is 16.2. The van der Waals surface area contributed by atoms with Gasteiger partial charge in [0, 0.05) is 25.3 Å². The molecule has 0 aromatic heterocycles. The van der Waals surface area contributed by atoms with Crippen molar-refractivity contribution in [1.29, 1.82) is 0 Å². The van der Waals surface area contributed by atoms with Gasteiger partial charge in [0.15, 0.2) is 0 Å². The average Bonchev–Trinajstić information content (AvgIpc) is 3.78. The Hall–Kier alpha value is -3.21. The number of nitrogens with zero attached hydrogens (tertiary/aromatic N) is 1. The molecule has 0 atom stereocenters. The van der Waals surface area contributed by atoms with Crippen LogP contribution in [0, 0.1) is 0 Å². The average molecular weight is 495 g/mol. The summed E-state index contributed by atoms with van der Waals surface area (Å²) in [6, 6.07) is 28.7. The summed E-state index contributed by atoms with van der Waals surface area (Å²) >= 11 is 0. The number of amides is 1. The van der Waals surface area contributed by atoms with Crippen LogP contribution < -0.4 is 5.32 Å². The van der Waals surface area contributed by atoms with Gasteiger partial charge >= 0.3 is 0 Å². The highest BCUT2D eigenvalue weighted by molar-refractivity contribution is 5.99. The minimum Gasteiger partial charge on any atom is -0.396 e. The van der Waals surface area contributed by atoms with Crippen LogP contribution in [0.25, 0.3) is 11.1 Å². The van der Waals surface area contributed by atoms with Gasteiger partial charge in [0.2, 0.25) is 5.91 Å². The molecule has 192 valence electrons. The molecule has 1 saturated carbocycles. The van der Waals surface area contributed by atoms with Crippen LogP contribution in [0.5, 0.6) is 0 Å². The van der Waals surface area contributed by atoms with Gasteiger partial charge in [-0.05, 0) is 103 Å². The van der Waals surface area contributed by atoms with Crippen LogP contribution in [0.15, 0.2) is 78.9 Å². The molecule has 1 saturated heterocycles. The zero-order valence-corrected chi connectivity index (χ0v) is 21.8. The second kappa shape index (κ2) is 11.9. The number of aliphatic hydroxyl groups excluding tert-OH is 1. The molecule has 2 aliphatic rings. The van der Waals surface area contributed by atoms with Crippen molar-refractivity contribution in [3.63, 3.8) is 0 Å². The van der Waals surface area contributed by atoms with E-state index in [2.05, 4.69) is 70.9 Å². The Labute approximate surface area is 221 Å². The van der Waals surface area contributed by atoms with Gasteiger partial charge in [-0.1, -0.05) is 66.7 Å². The van der Waals surface area contributed by atoms with E-state index in [0.29, 0.717) is 12.3 Å². The third-order valence-corrected chi connectivity index (χ3v) is 7.77. The lowest BCUT2D eigenvalue weighted by molar-refractivity contribution is -0.114. The lowest BCUT2D eigenvalue weighted by atomic mass is 9.85. The van der Waals surface area contributed by atoms with Gasteiger partial charge in [-0.3, -0.25) is 4.79 Å². The quantitative estimate of drug-likeness (QED) is 0.325. The number of likely N-dealkylation sites (tertiary alicyclic amines) is 1. The molecule has 0 radical (unpaired) electrons. The first-order valence-corrected chi connectivity index (χ1v) is 13.7. The van der Waals surface area contributed by atoms with E-state index in [9.17, 15) is 9.90 Å². The minimum atomic E-state index is -0.0741. The molecule has 4 heteroatoms. The van der Waals surface area contributed by atoms with Gasteiger partial charge in [0.05, 0.1) is 0 Å². The summed E-state index contributed by atoms with van der Waals surface area (Å²) in [5.74, 6) is 0.561. The lowest BCUT2D eigenvalue weighted by Gasteiger charge is -2.32. The maximum absolute atomic E-state index is 11.5. The second-order valence-electron chi connectivity index (χ2n) is 10.5. The van der Waals surface area contributed by atoms with Gasteiger partial charge in [-0.2, -0.15) is 0 Å². The van der Waals surface area contributed by atoms with Crippen molar-refractivity contribution in [1.82, 2.24) is 4.90 Å². The van der Waals surface area contributed by atoms with E-state index in [0.717, 1.165) is 23.7 Å². The number of rotatable bonds is 9. The van der Waals surface area contributed by atoms with Crippen molar-refractivity contribution >= 4 is 22.7 Å². The van der Waals surface area contributed by atoms with E-state index in [1.54, 1.807) is 0 Å². The number of benzene rings is 3. The minimum absolute atomic E-state index is 0.0741. The fourth-order valence-electron chi connectivity index (χ4n) is 5.71. The molecule has 37 heavy (non-hydrogen) atoms. The van der Waals surface area contributed by atoms with Gasteiger partial charge in [0.25, 0.3) is 0 Å². The van der Waals surface area contributed by atoms with Crippen LogP contribution in [-0.2, 0) is 4.79 Å². The van der Waals surface area contributed by atoms with Crippen LogP contribution in [0.1, 0.15) is 73.6 Å². The zero-order chi connectivity index (χ0) is 25.6. The van der Waals surface area contributed by atoms with E-state index in [-0.39, 0.29) is 12.5 Å². The Balaban J connectivity index is 1.50. The number of piperidine rings is 1. The first-order chi connectivity index (χ1) is 18.1. The van der Waals surface area contributed by atoms with E-state index in [4.69, 9.17) is 0 Å². The Morgan fingerprint density at radius 3 is 2.03 bits per heavy atom. The topological polar surface area (TPSA) is 52.6 Å². The standard InChI is InChI=1S/C33H38N2O2/c1-24(37)34-30-15-13-29(14-16-30)33(32(8-5-23-36)27-6-3-2-4-7-27)28-11-9-25(10-12-28)26-19-21-35(22-20-26)31-17-18-31/h2-4,6-7,9-16,26,31,36H,5,8,17-23H2,1H3,(H,34,37)/b33-32+. The number of nitrogens with one attached hydrogen (secondary N) is 1. The molecular formula is C33H38N2O2. The maximum atomic E-state index is 11.5. The zero-order valence-electron chi connectivity index (χ0n) is 21.8. The number of hydrogen-bond donors (Lipinski definition) is 2. The van der Waals surface area contributed by atoms with Crippen molar-refractivity contribution < 1.29 is 9.90 Å². The maximum Gasteiger partial charge on any atom is 0.221 e. The fourth-order valence-corrected chi connectivity index (χ4v) is 5.71. The number of allylic oxidation sites excluding steroid dienone is 1. The predicted molar refractivity (Wildman–Crippen MR) is 152 cm³/mol. The van der Waals surface area contributed by atoms with Crippen molar-refractivity contribution in [2.75, 3.05) is 25.0 Å². The summed E-state index contributed by atoms with van der Waals surface area (Å²) in [6.07, 6.45) is 6.75. The molecule has 3 aromatic carbocycles. The predicted octanol–water partition coefficient (Wildman–Crippen LogP) is 6.72. The van der Waals surface area contributed by atoms with Gasteiger partial charge in [-0.15, -0.1) is 0 Å². The van der Waals surface area contributed by atoms with E-state index >= 15 is 0 Å². The van der Waals surface area contributed by atoms with Crippen molar-refractivity contribution in [3.8, 4) is 0 Å². The SMILES string of the molecule is CC(=O)Nc1ccc(/C(=C(\CCCO)c2ccccc2)c2ccc(C3CCN(C4CC4)CC3)cc2)cc1. The Morgan fingerprint density at radius 1 is 0.838 bits per heavy atom. The molecule has 2 N–H and O–H groups in total. The largest absolute Gasteiger partial charge is 0.396 e. The molecule has 3 aromatic rings. The monoisotopic (exact) mass is 494 g/mol. The summed E-state index contributed by atoms with van der Waals surface area (Å²) in [4.78, 5) is 14.2. The van der Waals surface area contributed by atoms with Crippen LogP contribution >= 0.6 is 0 Å². The lowest BCUT2D eigenvalue weighted by Crippen LogP contribution is -2.34. The van der Waals surface area contributed by atoms with Crippen LogP contribution in [0.3, 0.4) is 0 Å². The molecule has 1 aliphatic carbocycles. The molecule has 2 fully saturated rings. The highest BCUT2D eigenvalue weighted by Crippen LogP contribution is 2.38. The summed E-state index contributed by atoms with van der Waals surface area (Å²) in [6.45, 7) is 4.13. The van der Waals surface area contributed by atoms with Crippen LogP contribution in [0.2, 0.25) is 0 Å². The smallest absolute Gasteiger partial charge is 0.221 e. The van der Waals surface area contributed by atoms with Gasteiger partial charge < -0.3 is 15.3 Å². The van der Waals surface area contributed by atoms with E-state index in [1.165, 1.54) is 73.5 Å². The molecule has 5 rings (SSSR count). The summed E-state index contributed by atoms with van der Waals surface area (Å²) in [5.41, 5.74) is 8.11. The number of carbonyl (C=O) groups is 1. The molecule has 4 nitrogen and oxygen atoms in total. The Kier molecular flexibility index (Phi) is 8.18. The highest BCUT2D eigenvalue weighted by Gasteiger charge is 2.32. The Bertz CT molecular complexity index is 1200. The van der Waals surface area contributed by atoms with Crippen molar-refractivity contribution in [2.45, 2.75) is 57.4 Å². The van der Waals surface area contributed by atoms with Crippen molar-refractivity contribution in [3.05, 3.63) is 101 Å². The summed E-state index contributed by atoms with van der Waals surface area (Å²) < 4.78 is 0. The summed E-state index contributed by atoms with van der Waals surface area (Å²) in [5, 5.41) is 12.5. The third-order valence-electron chi connectivity index (χ3n) is 7.77. The molecular weight excluding hydrogens is 456 g/mol. The number of aliphatic hydroxyl groups is 1. The molecule has 1 amide bonds.